The zero-order chi connectivity index (χ0) is 15.0. The molecule has 0 aliphatic carbocycles. The van der Waals surface area contributed by atoms with Gasteiger partial charge in [0.1, 0.15) is 18.5 Å². The molecule has 5 nitrogen and oxygen atoms in total. The molecule has 0 aliphatic rings. The van der Waals surface area contributed by atoms with E-state index in [1.807, 2.05) is 0 Å². The molecular formula is C13H12ClFN2O3. The highest BCUT2D eigenvalue weighted by atomic mass is 35.5. The fourth-order valence-corrected chi connectivity index (χ4v) is 1.35. The first-order valence-corrected chi connectivity index (χ1v) is 5.94. The lowest BCUT2D eigenvalue weighted by Gasteiger charge is -2.05. The maximum absolute atomic E-state index is 13.5. The summed E-state index contributed by atoms with van der Waals surface area (Å²) in [5, 5.41) is 11.6. The Morgan fingerprint density at radius 2 is 2.30 bits per heavy atom. The van der Waals surface area contributed by atoms with Crippen LogP contribution in [0.3, 0.4) is 0 Å². The lowest BCUT2D eigenvalue weighted by molar-refractivity contribution is -0.139. The van der Waals surface area contributed by atoms with E-state index in [1.165, 1.54) is 19.2 Å². The zero-order valence-electron chi connectivity index (χ0n) is 10.7. The van der Waals surface area contributed by atoms with Gasteiger partial charge in [0.25, 0.3) is 0 Å². The second-order valence-corrected chi connectivity index (χ2v) is 4.00. The number of ether oxygens (including phenoxy) is 2. The molecule has 0 fully saturated rings. The molecule has 0 radical (unpaired) electrons. The molecule has 1 aromatic carbocycles. The van der Waals surface area contributed by atoms with Crippen molar-refractivity contribution in [2.24, 2.45) is 0 Å². The van der Waals surface area contributed by atoms with Gasteiger partial charge >= 0.3 is 5.97 Å². The monoisotopic (exact) mass is 298 g/mol. The Morgan fingerprint density at radius 3 is 2.90 bits per heavy atom. The summed E-state index contributed by atoms with van der Waals surface area (Å²) in [6.45, 7) is 0.257. The molecule has 20 heavy (non-hydrogen) atoms. The van der Waals surface area contributed by atoms with Crippen molar-refractivity contribution in [2.75, 3.05) is 25.6 Å². The van der Waals surface area contributed by atoms with Crippen LogP contribution in [-0.4, -0.2) is 26.3 Å². The summed E-state index contributed by atoms with van der Waals surface area (Å²) in [7, 11) is 1.46. The van der Waals surface area contributed by atoms with Crippen LogP contribution in [0.25, 0.3) is 0 Å². The van der Waals surface area contributed by atoms with E-state index < -0.39 is 11.8 Å². The van der Waals surface area contributed by atoms with Gasteiger partial charge in [0.2, 0.25) is 0 Å². The van der Waals surface area contributed by atoms with E-state index in [9.17, 15) is 9.18 Å². The molecule has 0 amide bonds. The van der Waals surface area contributed by atoms with E-state index in [4.69, 9.17) is 26.3 Å². The normalized spacial score (nSPS) is 10.8. The van der Waals surface area contributed by atoms with Crippen LogP contribution in [0.15, 0.2) is 30.0 Å². The van der Waals surface area contributed by atoms with Crippen molar-refractivity contribution in [3.63, 3.8) is 0 Å². The number of carbonyl (C=O) groups excluding carboxylic acids is 1. The molecule has 1 N–H and O–H groups in total. The lowest BCUT2D eigenvalue weighted by Crippen LogP contribution is -2.12. The van der Waals surface area contributed by atoms with Crippen molar-refractivity contribution in [2.45, 2.75) is 0 Å². The second kappa shape index (κ2) is 8.15. The van der Waals surface area contributed by atoms with Crippen molar-refractivity contribution in [3.8, 4) is 6.07 Å². The molecule has 0 unspecified atom stereocenters. The van der Waals surface area contributed by atoms with Crippen molar-refractivity contribution >= 4 is 23.3 Å². The highest BCUT2D eigenvalue weighted by Gasteiger charge is 2.10. The molecule has 0 atom stereocenters. The zero-order valence-corrected chi connectivity index (χ0v) is 11.4. The third-order valence-electron chi connectivity index (χ3n) is 2.16. The fourth-order valence-electron chi connectivity index (χ4n) is 1.19. The Labute approximate surface area is 120 Å². The van der Waals surface area contributed by atoms with Crippen molar-refractivity contribution in [1.82, 2.24) is 0 Å². The average Bonchev–Trinajstić information content (AvgIpc) is 2.42. The van der Waals surface area contributed by atoms with Crippen LogP contribution in [0, 0.1) is 17.1 Å². The van der Waals surface area contributed by atoms with Gasteiger partial charge in [-0.1, -0.05) is 11.6 Å². The first-order valence-electron chi connectivity index (χ1n) is 5.56. The quantitative estimate of drug-likeness (QED) is 0.378. The highest BCUT2D eigenvalue weighted by Crippen LogP contribution is 2.19. The van der Waals surface area contributed by atoms with Gasteiger partial charge in [-0.3, -0.25) is 0 Å². The molecule has 0 saturated carbocycles. The van der Waals surface area contributed by atoms with Crippen LogP contribution in [0.2, 0.25) is 5.02 Å². The summed E-state index contributed by atoms with van der Waals surface area (Å²) >= 11 is 5.61. The van der Waals surface area contributed by atoms with E-state index in [1.54, 1.807) is 6.07 Å². The molecule has 0 aromatic heterocycles. The number of hydrogen-bond donors (Lipinski definition) is 1. The van der Waals surface area contributed by atoms with Crippen LogP contribution in [0.5, 0.6) is 0 Å². The number of benzene rings is 1. The molecule has 1 rings (SSSR count). The minimum atomic E-state index is -0.813. The fraction of sp³-hybridized carbons (Fsp3) is 0.231. The third kappa shape index (κ3) is 4.88. The number of halogens is 2. The Balaban J connectivity index is 2.70. The molecule has 7 heteroatoms. The number of nitrogens with one attached hydrogen (secondary N) is 1. The minimum Gasteiger partial charge on any atom is -0.459 e. The molecule has 0 saturated heterocycles. The molecule has 106 valence electrons. The first kappa shape index (κ1) is 16.0. The Morgan fingerprint density at radius 1 is 1.55 bits per heavy atom. The van der Waals surface area contributed by atoms with E-state index in [0.717, 1.165) is 12.3 Å². The number of esters is 1. The van der Waals surface area contributed by atoms with Gasteiger partial charge < -0.3 is 14.8 Å². The predicted molar refractivity (Wildman–Crippen MR) is 71.6 cm³/mol. The van der Waals surface area contributed by atoms with Crippen molar-refractivity contribution < 1.29 is 18.7 Å². The van der Waals surface area contributed by atoms with Gasteiger partial charge in [-0.25, -0.2) is 9.18 Å². The predicted octanol–water partition coefficient (Wildman–Crippen LogP) is 2.49. The Hall–Kier alpha value is -2.10. The maximum atomic E-state index is 13.5. The summed E-state index contributed by atoms with van der Waals surface area (Å²) in [5.74, 6) is -1.41. The highest BCUT2D eigenvalue weighted by molar-refractivity contribution is 6.30. The molecule has 1 aromatic rings. The number of nitrogens with zero attached hydrogens (tertiary/aromatic N) is 1. The second-order valence-electron chi connectivity index (χ2n) is 3.57. The van der Waals surface area contributed by atoms with E-state index in [2.05, 4.69) is 5.32 Å². The van der Waals surface area contributed by atoms with Crippen LogP contribution in [0.4, 0.5) is 10.1 Å². The van der Waals surface area contributed by atoms with Crippen molar-refractivity contribution in [1.29, 1.82) is 5.26 Å². The summed E-state index contributed by atoms with van der Waals surface area (Å²) in [5.41, 5.74) is -0.192. The van der Waals surface area contributed by atoms with E-state index in [0.29, 0.717) is 0 Å². The number of methoxy groups -OCH3 is 1. The van der Waals surface area contributed by atoms with Gasteiger partial charge in [-0.15, -0.1) is 0 Å². The topological polar surface area (TPSA) is 71.3 Å². The van der Waals surface area contributed by atoms with E-state index >= 15 is 0 Å². The number of anilines is 1. The van der Waals surface area contributed by atoms with E-state index in [-0.39, 0.29) is 29.5 Å². The van der Waals surface area contributed by atoms with Crippen LogP contribution < -0.4 is 5.32 Å². The summed E-state index contributed by atoms with van der Waals surface area (Å²) < 4.78 is 22.9. The number of carbonyl (C=O) groups is 1. The van der Waals surface area contributed by atoms with Crippen LogP contribution in [-0.2, 0) is 14.3 Å². The molecular weight excluding hydrogens is 287 g/mol. The summed E-state index contributed by atoms with van der Waals surface area (Å²) in [6, 6.07) is 5.64. The van der Waals surface area contributed by atoms with Gasteiger partial charge in [0, 0.05) is 18.3 Å². The minimum absolute atomic E-state index is 0.0314. The smallest absolute Gasteiger partial charge is 0.350 e. The van der Waals surface area contributed by atoms with Gasteiger partial charge in [-0.2, -0.15) is 5.26 Å². The Bertz CT molecular complexity index is 555. The van der Waals surface area contributed by atoms with Crippen LogP contribution >= 0.6 is 11.6 Å². The number of rotatable bonds is 6. The molecule has 0 heterocycles. The van der Waals surface area contributed by atoms with Gasteiger partial charge in [-0.05, 0) is 18.2 Å². The van der Waals surface area contributed by atoms with Gasteiger partial charge in [0.05, 0.1) is 12.3 Å². The summed E-state index contributed by atoms with van der Waals surface area (Å²) in [4.78, 5) is 11.5. The summed E-state index contributed by atoms with van der Waals surface area (Å²) in [6.07, 6.45) is 1.07. The molecule has 0 aliphatic heterocycles. The van der Waals surface area contributed by atoms with Crippen LogP contribution in [0.1, 0.15) is 0 Å². The lowest BCUT2D eigenvalue weighted by atomic mass is 10.3. The number of nitriles is 1. The standard InChI is InChI=1S/C13H12ClFN2O3/c1-19-4-5-20-13(18)9(7-16)8-17-12-3-2-10(14)6-11(12)15/h2-3,6,8,17H,4-5H2,1H3/b9-8-. The molecule has 0 bridgehead atoms. The number of hydrogen-bond acceptors (Lipinski definition) is 5. The first-order chi connectivity index (χ1) is 9.58. The van der Waals surface area contributed by atoms with Gasteiger partial charge in [0.15, 0.2) is 5.57 Å². The maximum Gasteiger partial charge on any atom is 0.350 e. The van der Waals surface area contributed by atoms with Crippen molar-refractivity contribution in [3.05, 3.63) is 40.8 Å². The Kier molecular flexibility index (Phi) is 6.50. The molecule has 0 spiro atoms. The third-order valence-corrected chi connectivity index (χ3v) is 2.40. The SMILES string of the molecule is COCCOC(=O)/C(C#N)=C\Nc1ccc(Cl)cc1F. The largest absolute Gasteiger partial charge is 0.459 e. The average molecular weight is 299 g/mol.